The number of alkyl halides is 2. The molecule has 22 heavy (non-hydrogen) atoms. The highest BCUT2D eigenvalue weighted by atomic mass is 19.3. The van der Waals surface area contributed by atoms with Crippen LogP contribution in [0.25, 0.3) is 0 Å². The van der Waals surface area contributed by atoms with Crippen LogP contribution in [0.4, 0.5) is 13.6 Å². The van der Waals surface area contributed by atoms with E-state index in [1.165, 1.54) is 11.0 Å². The molecular formula is C15H25F2NO4. The maximum Gasteiger partial charge on any atom is 0.410 e. The Morgan fingerprint density at radius 1 is 1.32 bits per heavy atom. The maximum atomic E-state index is 14.4. The van der Waals surface area contributed by atoms with Crippen molar-refractivity contribution < 1.29 is 28.5 Å². The zero-order chi connectivity index (χ0) is 17.1. The molecule has 0 unspecified atom stereocenters. The second-order valence-electron chi connectivity index (χ2n) is 6.16. The molecule has 7 heteroatoms. The Bertz CT molecular complexity index is 422. The number of carbonyl (C=O) groups is 1. The van der Waals surface area contributed by atoms with Gasteiger partial charge in [-0.05, 0) is 25.7 Å². The summed E-state index contributed by atoms with van der Waals surface area (Å²) in [6, 6.07) is 0. The van der Waals surface area contributed by atoms with Gasteiger partial charge in [-0.15, -0.1) is 0 Å². The lowest BCUT2D eigenvalue weighted by atomic mass is 9.76. The molecule has 5 nitrogen and oxygen atoms in total. The number of allylic oxidation sites excluding steroid dienone is 1. The Balaban J connectivity index is 3.13. The number of carbonyl (C=O) groups excluding carboxylic acids is 1. The summed E-state index contributed by atoms with van der Waals surface area (Å²) in [5, 5.41) is 19.9. The number of aliphatic hydroxyl groups excluding tert-OH is 2. The minimum absolute atomic E-state index is 0.278. The molecule has 128 valence electrons. The van der Waals surface area contributed by atoms with Gasteiger partial charge in [0.1, 0.15) is 12.2 Å². The van der Waals surface area contributed by atoms with Gasteiger partial charge in [0.25, 0.3) is 0 Å². The average molecular weight is 321 g/mol. The topological polar surface area (TPSA) is 70.0 Å². The quantitative estimate of drug-likeness (QED) is 0.782. The first-order chi connectivity index (χ1) is 10.1. The van der Waals surface area contributed by atoms with Crippen molar-refractivity contribution in [2.24, 2.45) is 5.41 Å². The third kappa shape index (κ3) is 3.76. The Hall–Kier alpha value is -1.21. The molecule has 0 saturated heterocycles. The van der Waals surface area contributed by atoms with E-state index in [2.05, 4.69) is 0 Å². The molecule has 0 fully saturated rings. The molecule has 0 radical (unpaired) electrons. The van der Waals surface area contributed by atoms with Gasteiger partial charge in [0.05, 0.1) is 0 Å². The van der Waals surface area contributed by atoms with Crippen molar-refractivity contribution in [3.63, 3.8) is 0 Å². The zero-order valence-electron chi connectivity index (χ0n) is 13.4. The van der Waals surface area contributed by atoms with Crippen LogP contribution in [0.2, 0.25) is 0 Å². The molecule has 0 bridgehead atoms. The van der Waals surface area contributed by atoms with Crippen molar-refractivity contribution in [1.29, 1.82) is 0 Å². The lowest BCUT2D eigenvalue weighted by molar-refractivity contribution is -0.212. The Kier molecular flexibility index (Phi) is 5.92. The summed E-state index contributed by atoms with van der Waals surface area (Å²) in [5.41, 5.74) is -0.922. The van der Waals surface area contributed by atoms with Gasteiger partial charge >= 0.3 is 12.0 Å². The van der Waals surface area contributed by atoms with E-state index in [0.29, 0.717) is 13.1 Å². The number of hydrogen-bond donors (Lipinski definition) is 2. The van der Waals surface area contributed by atoms with Crippen LogP contribution in [-0.2, 0) is 4.74 Å². The minimum Gasteiger partial charge on any atom is -0.437 e. The second kappa shape index (κ2) is 6.91. The summed E-state index contributed by atoms with van der Waals surface area (Å²) in [7, 11) is 0. The van der Waals surface area contributed by atoms with E-state index >= 15 is 0 Å². The number of aliphatic hydroxyl groups is 2. The molecule has 1 rings (SSSR count). The molecule has 0 saturated carbocycles. The van der Waals surface area contributed by atoms with Crippen LogP contribution in [-0.4, -0.2) is 58.5 Å². The fraction of sp³-hybridized carbons (Fsp3) is 0.800. The average Bonchev–Trinajstić information content (AvgIpc) is 2.44. The Morgan fingerprint density at radius 2 is 1.86 bits per heavy atom. The van der Waals surface area contributed by atoms with Crippen molar-refractivity contribution in [3.8, 4) is 0 Å². The monoisotopic (exact) mass is 321 g/mol. The molecule has 2 N–H and O–H groups in total. The molecular weight excluding hydrogens is 296 g/mol. The first-order valence-corrected chi connectivity index (χ1v) is 7.44. The predicted molar refractivity (Wildman–Crippen MR) is 77.7 cm³/mol. The highest BCUT2D eigenvalue weighted by molar-refractivity contribution is 5.67. The predicted octanol–water partition coefficient (Wildman–Crippen LogP) is 2.18. The Labute approximate surface area is 129 Å². The highest BCUT2D eigenvalue weighted by Crippen LogP contribution is 2.39. The van der Waals surface area contributed by atoms with Crippen molar-refractivity contribution in [2.45, 2.75) is 58.4 Å². The van der Waals surface area contributed by atoms with Crippen LogP contribution in [0.15, 0.2) is 12.2 Å². The summed E-state index contributed by atoms with van der Waals surface area (Å²) in [4.78, 5) is 13.2. The number of nitrogens with zero attached hydrogens (tertiary/aromatic N) is 1. The zero-order valence-corrected chi connectivity index (χ0v) is 13.4. The van der Waals surface area contributed by atoms with Crippen molar-refractivity contribution in [3.05, 3.63) is 12.2 Å². The molecule has 1 aliphatic carbocycles. The molecule has 0 aromatic carbocycles. The molecule has 3 atom stereocenters. The summed E-state index contributed by atoms with van der Waals surface area (Å²) in [6.07, 6.45) is -4.11. The van der Waals surface area contributed by atoms with E-state index in [-0.39, 0.29) is 6.42 Å². The summed E-state index contributed by atoms with van der Waals surface area (Å²) >= 11 is 0. The third-order valence-electron chi connectivity index (χ3n) is 4.07. The number of ether oxygens (including phenoxy) is 1. The van der Waals surface area contributed by atoms with Crippen LogP contribution in [0.5, 0.6) is 0 Å². The SMILES string of the molecule is CCN(CC)C(=O)O[C@@H]1[C@@H](O)C(C)(C)C/C=C\[C@H](O)C1(F)F. The lowest BCUT2D eigenvalue weighted by Gasteiger charge is -2.41. The molecule has 0 aliphatic heterocycles. The van der Waals surface area contributed by atoms with E-state index in [1.807, 2.05) is 0 Å². The number of halogens is 2. The fourth-order valence-electron chi connectivity index (χ4n) is 2.35. The second-order valence-corrected chi connectivity index (χ2v) is 6.16. The summed E-state index contributed by atoms with van der Waals surface area (Å²) < 4.78 is 33.6. The fourth-order valence-corrected chi connectivity index (χ4v) is 2.35. The van der Waals surface area contributed by atoms with Gasteiger partial charge in [-0.25, -0.2) is 4.79 Å². The first kappa shape index (κ1) is 18.8. The van der Waals surface area contributed by atoms with Crippen LogP contribution >= 0.6 is 0 Å². The third-order valence-corrected chi connectivity index (χ3v) is 4.07. The van der Waals surface area contributed by atoms with Gasteiger partial charge in [-0.1, -0.05) is 26.0 Å². The molecule has 0 heterocycles. The highest BCUT2D eigenvalue weighted by Gasteiger charge is 2.55. The summed E-state index contributed by atoms with van der Waals surface area (Å²) in [6.45, 7) is 7.20. The van der Waals surface area contributed by atoms with E-state index in [1.54, 1.807) is 27.7 Å². The molecule has 1 amide bonds. The number of amides is 1. The van der Waals surface area contributed by atoms with Crippen LogP contribution in [0.3, 0.4) is 0 Å². The first-order valence-electron chi connectivity index (χ1n) is 7.44. The van der Waals surface area contributed by atoms with Crippen LogP contribution in [0, 0.1) is 5.41 Å². The van der Waals surface area contributed by atoms with Crippen molar-refractivity contribution in [1.82, 2.24) is 4.90 Å². The smallest absolute Gasteiger partial charge is 0.410 e. The van der Waals surface area contributed by atoms with Gasteiger partial charge in [0.2, 0.25) is 0 Å². The van der Waals surface area contributed by atoms with Gasteiger partial charge in [0, 0.05) is 13.1 Å². The van der Waals surface area contributed by atoms with E-state index in [0.717, 1.165) is 6.08 Å². The Morgan fingerprint density at radius 3 is 2.36 bits per heavy atom. The van der Waals surface area contributed by atoms with Crippen LogP contribution in [0.1, 0.15) is 34.1 Å². The van der Waals surface area contributed by atoms with Crippen molar-refractivity contribution >= 4 is 6.09 Å². The molecule has 1 aliphatic rings. The molecule has 0 aromatic rings. The lowest BCUT2D eigenvalue weighted by Crippen LogP contribution is -2.57. The largest absolute Gasteiger partial charge is 0.437 e. The van der Waals surface area contributed by atoms with Gasteiger partial charge in [-0.3, -0.25) is 0 Å². The standard InChI is InChI=1S/C15H25F2NO4/c1-5-18(6-2)13(21)22-12-11(20)14(3,4)9-7-8-10(19)15(12,16)17/h7-8,10-12,19-20H,5-6,9H2,1-4H3/b8-7-/t10-,11+,12+/m0/s1. The van der Waals surface area contributed by atoms with Gasteiger partial charge < -0.3 is 19.8 Å². The number of rotatable bonds is 3. The maximum absolute atomic E-state index is 14.4. The van der Waals surface area contributed by atoms with Crippen LogP contribution < -0.4 is 0 Å². The minimum atomic E-state index is -3.78. The van der Waals surface area contributed by atoms with E-state index < -0.39 is 35.7 Å². The van der Waals surface area contributed by atoms with Gasteiger partial charge in [-0.2, -0.15) is 8.78 Å². The summed E-state index contributed by atoms with van der Waals surface area (Å²) in [5.74, 6) is -3.78. The molecule has 0 spiro atoms. The van der Waals surface area contributed by atoms with Crippen molar-refractivity contribution in [2.75, 3.05) is 13.1 Å². The molecule has 0 aromatic heterocycles. The normalized spacial score (nSPS) is 31.7. The number of hydrogen-bond acceptors (Lipinski definition) is 4. The van der Waals surface area contributed by atoms with E-state index in [9.17, 15) is 23.8 Å². The van der Waals surface area contributed by atoms with E-state index in [4.69, 9.17) is 4.74 Å². The van der Waals surface area contributed by atoms with Gasteiger partial charge in [0.15, 0.2) is 6.10 Å².